The van der Waals surface area contributed by atoms with Crippen LogP contribution in [0.4, 0.5) is 10.2 Å². The molecule has 0 atom stereocenters. The van der Waals surface area contributed by atoms with Gasteiger partial charge in [-0.05, 0) is 30.3 Å². The van der Waals surface area contributed by atoms with E-state index in [4.69, 9.17) is 4.74 Å². The fourth-order valence-corrected chi connectivity index (χ4v) is 3.05. The molecule has 0 unspecified atom stereocenters. The number of nitrogens with zero attached hydrogens (tertiary/aromatic N) is 4. The largest absolute Gasteiger partial charge is 0.497 e. The van der Waals surface area contributed by atoms with Gasteiger partial charge in [-0.2, -0.15) is 10.2 Å². The third kappa shape index (κ3) is 3.32. The number of anilines is 1. The molecule has 0 aliphatic rings. The summed E-state index contributed by atoms with van der Waals surface area (Å²) in [6.07, 6.45) is 1.63. The van der Waals surface area contributed by atoms with Gasteiger partial charge in [0.15, 0.2) is 5.82 Å². The van der Waals surface area contributed by atoms with Crippen molar-refractivity contribution in [3.8, 4) is 17.0 Å². The van der Waals surface area contributed by atoms with Crippen LogP contribution >= 0.6 is 0 Å². The third-order valence-corrected chi connectivity index (χ3v) is 4.41. The molecule has 0 bridgehead atoms. The van der Waals surface area contributed by atoms with Crippen LogP contribution in [0.2, 0.25) is 0 Å². The fraction of sp³-hybridized carbons (Fsp3) is 0.150. The summed E-state index contributed by atoms with van der Waals surface area (Å²) >= 11 is 0. The van der Waals surface area contributed by atoms with E-state index in [2.05, 4.69) is 15.5 Å². The second-order valence-electron chi connectivity index (χ2n) is 6.28. The average Bonchev–Trinajstić information content (AvgIpc) is 3.27. The molecule has 28 heavy (non-hydrogen) atoms. The Labute approximate surface area is 160 Å². The molecule has 0 radical (unpaired) electrons. The van der Waals surface area contributed by atoms with Crippen LogP contribution in [0.3, 0.4) is 0 Å². The smallest absolute Gasteiger partial charge is 0.247 e. The predicted octanol–water partition coefficient (Wildman–Crippen LogP) is 3.22. The van der Waals surface area contributed by atoms with E-state index < -0.39 is 5.82 Å². The van der Waals surface area contributed by atoms with Gasteiger partial charge in [-0.1, -0.05) is 12.1 Å². The number of aromatic nitrogens is 4. The van der Waals surface area contributed by atoms with Gasteiger partial charge in [-0.3, -0.25) is 14.2 Å². The Bertz CT molecular complexity index is 1160. The van der Waals surface area contributed by atoms with E-state index >= 15 is 0 Å². The Balaban J connectivity index is 1.50. The molecule has 4 rings (SSSR count). The van der Waals surface area contributed by atoms with E-state index in [1.165, 1.54) is 17.9 Å². The van der Waals surface area contributed by atoms with Crippen molar-refractivity contribution in [1.82, 2.24) is 19.6 Å². The Morgan fingerprint density at radius 1 is 1.18 bits per heavy atom. The first kappa shape index (κ1) is 17.7. The van der Waals surface area contributed by atoms with Gasteiger partial charge in [0.25, 0.3) is 0 Å². The number of nitrogens with one attached hydrogen (secondary N) is 1. The first-order chi connectivity index (χ1) is 13.5. The summed E-state index contributed by atoms with van der Waals surface area (Å²) in [5, 5.41) is 12.3. The highest BCUT2D eigenvalue weighted by atomic mass is 19.1. The summed E-state index contributed by atoms with van der Waals surface area (Å²) in [6, 6.07) is 13.9. The SMILES string of the molecule is COc1ccc(-c2ccn(CC(=O)Nc3nn(C)c4ccccc34)n2)c(F)c1. The first-order valence-corrected chi connectivity index (χ1v) is 8.64. The van der Waals surface area contributed by atoms with E-state index in [1.807, 2.05) is 31.3 Å². The number of rotatable bonds is 5. The summed E-state index contributed by atoms with van der Waals surface area (Å²) in [4.78, 5) is 12.4. The summed E-state index contributed by atoms with van der Waals surface area (Å²) in [5.74, 6) is 0.224. The molecule has 1 amide bonds. The van der Waals surface area contributed by atoms with Crippen molar-refractivity contribution in [2.45, 2.75) is 6.54 Å². The highest BCUT2D eigenvalue weighted by molar-refractivity contribution is 5.99. The number of hydrogen-bond acceptors (Lipinski definition) is 4. The van der Waals surface area contributed by atoms with Crippen molar-refractivity contribution in [2.24, 2.45) is 7.05 Å². The van der Waals surface area contributed by atoms with E-state index in [-0.39, 0.29) is 12.5 Å². The van der Waals surface area contributed by atoms with Crippen LogP contribution in [0.25, 0.3) is 22.2 Å². The number of halogens is 1. The Kier molecular flexibility index (Phi) is 4.52. The first-order valence-electron chi connectivity index (χ1n) is 8.64. The molecule has 0 aliphatic heterocycles. The Morgan fingerprint density at radius 2 is 2.00 bits per heavy atom. The molecule has 1 N–H and O–H groups in total. The molecular formula is C20H18FN5O2. The minimum Gasteiger partial charge on any atom is -0.497 e. The normalized spacial score (nSPS) is 11.0. The lowest BCUT2D eigenvalue weighted by molar-refractivity contribution is -0.116. The van der Waals surface area contributed by atoms with Crippen molar-refractivity contribution in [3.63, 3.8) is 0 Å². The number of carbonyl (C=O) groups is 1. The van der Waals surface area contributed by atoms with E-state index in [1.54, 1.807) is 29.1 Å². The molecule has 2 heterocycles. The molecule has 142 valence electrons. The van der Waals surface area contributed by atoms with Crippen LogP contribution in [0.15, 0.2) is 54.7 Å². The van der Waals surface area contributed by atoms with Crippen LogP contribution in [0, 0.1) is 5.82 Å². The molecular weight excluding hydrogens is 361 g/mol. The number of fused-ring (bicyclic) bond motifs is 1. The van der Waals surface area contributed by atoms with Crippen molar-refractivity contribution >= 4 is 22.6 Å². The number of amides is 1. The van der Waals surface area contributed by atoms with Crippen molar-refractivity contribution in [2.75, 3.05) is 12.4 Å². The maximum Gasteiger partial charge on any atom is 0.247 e. The lowest BCUT2D eigenvalue weighted by Gasteiger charge is -2.04. The molecule has 0 fully saturated rings. The zero-order valence-corrected chi connectivity index (χ0v) is 15.4. The van der Waals surface area contributed by atoms with Gasteiger partial charge in [0.2, 0.25) is 5.91 Å². The maximum absolute atomic E-state index is 14.2. The molecule has 0 aliphatic carbocycles. The molecule has 0 spiro atoms. The maximum atomic E-state index is 14.2. The highest BCUT2D eigenvalue weighted by Gasteiger charge is 2.14. The number of para-hydroxylation sites is 1. The Morgan fingerprint density at radius 3 is 2.79 bits per heavy atom. The molecule has 2 aromatic heterocycles. The molecule has 0 saturated carbocycles. The van der Waals surface area contributed by atoms with Gasteiger partial charge in [0.05, 0.1) is 18.3 Å². The monoisotopic (exact) mass is 379 g/mol. The molecule has 2 aromatic carbocycles. The van der Waals surface area contributed by atoms with E-state index in [9.17, 15) is 9.18 Å². The number of carbonyl (C=O) groups excluding carboxylic acids is 1. The quantitative estimate of drug-likeness (QED) is 0.578. The van der Waals surface area contributed by atoms with Gasteiger partial charge < -0.3 is 10.1 Å². The highest BCUT2D eigenvalue weighted by Crippen LogP contribution is 2.25. The van der Waals surface area contributed by atoms with Crippen molar-refractivity contribution in [3.05, 3.63) is 60.5 Å². The zero-order valence-electron chi connectivity index (χ0n) is 15.4. The van der Waals surface area contributed by atoms with Gasteiger partial charge in [0, 0.05) is 30.3 Å². The standard InChI is InChI=1S/C20H18FN5O2/c1-25-18-6-4-3-5-15(18)20(24-25)22-19(27)12-26-10-9-17(23-26)14-8-7-13(28-2)11-16(14)21/h3-11H,12H2,1-2H3,(H,22,24,27). The second kappa shape index (κ2) is 7.15. The van der Waals surface area contributed by atoms with Gasteiger partial charge >= 0.3 is 0 Å². The summed E-state index contributed by atoms with van der Waals surface area (Å²) in [5.41, 5.74) is 1.71. The lowest BCUT2D eigenvalue weighted by atomic mass is 10.1. The third-order valence-electron chi connectivity index (χ3n) is 4.41. The van der Waals surface area contributed by atoms with E-state index in [0.717, 1.165) is 10.9 Å². The van der Waals surface area contributed by atoms with Gasteiger partial charge in [0.1, 0.15) is 18.1 Å². The second-order valence-corrected chi connectivity index (χ2v) is 6.28. The average molecular weight is 379 g/mol. The predicted molar refractivity (Wildman–Crippen MR) is 104 cm³/mol. The van der Waals surface area contributed by atoms with Crippen LogP contribution in [0.5, 0.6) is 5.75 Å². The lowest BCUT2D eigenvalue weighted by Crippen LogP contribution is -2.19. The van der Waals surface area contributed by atoms with Crippen molar-refractivity contribution < 1.29 is 13.9 Å². The molecule has 8 heteroatoms. The van der Waals surface area contributed by atoms with Gasteiger partial charge in [-0.25, -0.2) is 4.39 Å². The topological polar surface area (TPSA) is 74.0 Å². The number of benzene rings is 2. The van der Waals surface area contributed by atoms with Crippen LogP contribution in [-0.2, 0) is 18.4 Å². The summed E-state index contributed by atoms with van der Waals surface area (Å²) < 4.78 is 22.4. The summed E-state index contributed by atoms with van der Waals surface area (Å²) in [6.45, 7) is -0.0112. The molecule has 4 aromatic rings. The molecule has 7 nitrogen and oxygen atoms in total. The zero-order chi connectivity index (χ0) is 19.7. The number of hydrogen-bond donors (Lipinski definition) is 1. The molecule has 0 saturated heterocycles. The van der Waals surface area contributed by atoms with Crippen LogP contribution in [-0.4, -0.2) is 32.6 Å². The number of methoxy groups -OCH3 is 1. The van der Waals surface area contributed by atoms with E-state index in [0.29, 0.717) is 22.8 Å². The minimum atomic E-state index is -0.436. The van der Waals surface area contributed by atoms with Crippen LogP contribution < -0.4 is 10.1 Å². The number of aryl methyl sites for hydroxylation is 1. The fourth-order valence-electron chi connectivity index (χ4n) is 3.05. The van der Waals surface area contributed by atoms with Gasteiger partial charge in [-0.15, -0.1) is 0 Å². The van der Waals surface area contributed by atoms with Crippen molar-refractivity contribution in [1.29, 1.82) is 0 Å². The Hall–Kier alpha value is -3.68. The number of ether oxygens (including phenoxy) is 1. The van der Waals surface area contributed by atoms with Crippen LogP contribution in [0.1, 0.15) is 0 Å². The summed E-state index contributed by atoms with van der Waals surface area (Å²) in [7, 11) is 3.30. The minimum absolute atomic E-state index is 0.0112.